The molecule has 4 heteroatoms. The van der Waals surface area contributed by atoms with Gasteiger partial charge in [0.05, 0.1) is 5.69 Å². The first-order chi connectivity index (χ1) is 8.52. The molecule has 0 fully saturated rings. The molecule has 0 amide bonds. The monoisotopic (exact) mass is 253 g/mol. The molecule has 0 radical (unpaired) electrons. The third-order valence-corrected chi connectivity index (χ3v) is 2.97. The maximum atomic E-state index is 5.57. The molecule has 2 N–H and O–H groups in total. The first kappa shape index (κ1) is 15.0. The highest BCUT2D eigenvalue weighted by atomic mass is 16.4. The molecule has 1 aromatic rings. The van der Waals surface area contributed by atoms with Crippen molar-refractivity contribution in [3.63, 3.8) is 0 Å². The van der Waals surface area contributed by atoms with Crippen LogP contribution in [0.3, 0.4) is 0 Å². The van der Waals surface area contributed by atoms with E-state index in [1.54, 1.807) is 6.26 Å². The molecule has 4 nitrogen and oxygen atoms in total. The van der Waals surface area contributed by atoms with Crippen LogP contribution in [0.5, 0.6) is 0 Å². The lowest BCUT2D eigenvalue weighted by Gasteiger charge is -2.22. The summed E-state index contributed by atoms with van der Waals surface area (Å²) in [4.78, 5) is 6.65. The molecule has 0 spiro atoms. The highest BCUT2D eigenvalue weighted by Crippen LogP contribution is 2.17. The Morgan fingerprint density at radius 1 is 1.17 bits per heavy atom. The first-order valence-corrected chi connectivity index (χ1v) is 6.92. The van der Waals surface area contributed by atoms with Crippen LogP contribution in [0, 0.1) is 11.8 Å². The summed E-state index contributed by atoms with van der Waals surface area (Å²) in [5.41, 5.74) is 6.39. The summed E-state index contributed by atoms with van der Waals surface area (Å²) >= 11 is 0. The molecule has 0 aliphatic heterocycles. The summed E-state index contributed by atoms with van der Waals surface area (Å²) < 4.78 is 5.52. The number of hydrogen-bond acceptors (Lipinski definition) is 4. The van der Waals surface area contributed by atoms with Crippen molar-refractivity contribution in [3.05, 3.63) is 12.0 Å². The third-order valence-electron chi connectivity index (χ3n) is 2.97. The van der Waals surface area contributed by atoms with E-state index in [0.29, 0.717) is 18.4 Å². The van der Waals surface area contributed by atoms with Crippen LogP contribution in [0.4, 0.5) is 6.01 Å². The molecule has 1 aromatic heterocycles. The van der Waals surface area contributed by atoms with Crippen LogP contribution in [0.25, 0.3) is 0 Å². The van der Waals surface area contributed by atoms with Gasteiger partial charge in [0.15, 0.2) is 0 Å². The minimum atomic E-state index is 0.436. The third kappa shape index (κ3) is 5.08. The number of nitrogens with two attached hydrogens (primary N) is 1. The van der Waals surface area contributed by atoms with Crippen LogP contribution >= 0.6 is 0 Å². The summed E-state index contributed by atoms with van der Waals surface area (Å²) in [6.45, 7) is 11.4. The molecule has 0 bridgehead atoms. The predicted molar refractivity (Wildman–Crippen MR) is 75.5 cm³/mol. The van der Waals surface area contributed by atoms with E-state index in [0.717, 1.165) is 37.6 Å². The Balaban J connectivity index is 2.62. The van der Waals surface area contributed by atoms with Crippen molar-refractivity contribution >= 4 is 6.01 Å². The molecular formula is C14H27N3O. The zero-order valence-electron chi connectivity index (χ0n) is 12.1. The van der Waals surface area contributed by atoms with Gasteiger partial charge in [0, 0.05) is 19.6 Å². The zero-order valence-corrected chi connectivity index (χ0v) is 12.1. The van der Waals surface area contributed by atoms with E-state index in [4.69, 9.17) is 10.2 Å². The molecule has 18 heavy (non-hydrogen) atoms. The Labute approximate surface area is 111 Å². The summed E-state index contributed by atoms with van der Waals surface area (Å²) in [5, 5.41) is 0. The molecule has 0 saturated carbocycles. The number of rotatable bonds is 8. The molecule has 0 aromatic carbocycles. The fraction of sp³-hybridized carbons (Fsp3) is 0.786. The van der Waals surface area contributed by atoms with E-state index in [1.165, 1.54) is 0 Å². The highest BCUT2D eigenvalue weighted by Gasteiger charge is 2.13. The van der Waals surface area contributed by atoms with Crippen molar-refractivity contribution in [2.75, 3.05) is 18.0 Å². The second kappa shape index (κ2) is 7.41. The van der Waals surface area contributed by atoms with Crippen molar-refractivity contribution in [1.82, 2.24) is 4.98 Å². The molecule has 0 aliphatic carbocycles. The SMILES string of the molecule is CC(C)CCN(CCC(C)C)c1nc(CN)co1. The van der Waals surface area contributed by atoms with Gasteiger partial charge in [-0.2, -0.15) is 4.98 Å². The van der Waals surface area contributed by atoms with Crippen LogP contribution < -0.4 is 10.6 Å². The summed E-state index contributed by atoms with van der Waals surface area (Å²) in [5.74, 6) is 1.38. The van der Waals surface area contributed by atoms with Crippen molar-refractivity contribution in [3.8, 4) is 0 Å². The predicted octanol–water partition coefficient (Wildman–Crippen LogP) is 3.03. The van der Waals surface area contributed by atoms with Gasteiger partial charge in [-0.25, -0.2) is 0 Å². The molecule has 1 rings (SSSR count). The standard InChI is InChI=1S/C14H27N3O/c1-11(2)5-7-17(8-6-12(3)4)14-16-13(9-15)10-18-14/h10-12H,5-9,15H2,1-4H3. The van der Waals surface area contributed by atoms with E-state index in [1.807, 2.05) is 0 Å². The van der Waals surface area contributed by atoms with Gasteiger partial charge < -0.3 is 15.1 Å². The Hall–Kier alpha value is -1.03. The minimum Gasteiger partial charge on any atom is -0.432 e. The Morgan fingerprint density at radius 2 is 1.72 bits per heavy atom. The Bertz CT molecular complexity index is 322. The average molecular weight is 253 g/mol. The van der Waals surface area contributed by atoms with Crippen LogP contribution in [0.1, 0.15) is 46.2 Å². The van der Waals surface area contributed by atoms with Crippen molar-refractivity contribution in [2.24, 2.45) is 17.6 Å². The zero-order chi connectivity index (χ0) is 13.5. The van der Waals surface area contributed by atoms with Gasteiger partial charge in [0.2, 0.25) is 0 Å². The van der Waals surface area contributed by atoms with Gasteiger partial charge >= 0.3 is 0 Å². The second-order valence-electron chi connectivity index (χ2n) is 5.68. The van der Waals surface area contributed by atoms with E-state index in [9.17, 15) is 0 Å². The number of anilines is 1. The van der Waals surface area contributed by atoms with E-state index >= 15 is 0 Å². The topological polar surface area (TPSA) is 55.3 Å². The maximum absolute atomic E-state index is 5.57. The van der Waals surface area contributed by atoms with Gasteiger partial charge in [-0.3, -0.25) is 0 Å². The largest absolute Gasteiger partial charge is 0.432 e. The van der Waals surface area contributed by atoms with Gasteiger partial charge in [-0.05, 0) is 24.7 Å². The maximum Gasteiger partial charge on any atom is 0.297 e. The van der Waals surface area contributed by atoms with Gasteiger partial charge in [-0.15, -0.1) is 0 Å². The van der Waals surface area contributed by atoms with Crippen LogP contribution in [-0.4, -0.2) is 18.1 Å². The smallest absolute Gasteiger partial charge is 0.297 e. The van der Waals surface area contributed by atoms with E-state index < -0.39 is 0 Å². The molecular weight excluding hydrogens is 226 g/mol. The van der Waals surface area contributed by atoms with Crippen molar-refractivity contribution < 1.29 is 4.42 Å². The second-order valence-corrected chi connectivity index (χ2v) is 5.68. The lowest BCUT2D eigenvalue weighted by Crippen LogP contribution is -2.27. The number of hydrogen-bond donors (Lipinski definition) is 1. The van der Waals surface area contributed by atoms with Crippen LogP contribution in [0.2, 0.25) is 0 Å². The van der Waals surface area contributed by atoms with Crippen LogP contribution in [0.15, 0.2) is 10.7 Å². The quantitative estimate of drug-likeness (QED) is 0.773. The van der Waals surface area contributed by atoms with Crippen molar-refractivity contribution in [2.45, 2.75) is 47.1 Å². The fourth-order valence-corrected chi connectivity index (χ4v) is 1.67. The van der Waals surface area contributed by atoms with E-state index in [2.05, 4.69) is 37.6 Å². The van der Waals surface area contributed by atoms with Crippen LogP contribution in [-0.2, 0) is 6.54 Å². The number of oxazole rings is 1. The number of nitrogens with zero attached hydrogens (tertiary/aromatic N) is 2. The minimum absolute atomic E-state index is 0.436. The van der Waals surface area contributed by atoms with Gasteiger partial charge in [-0.1, -0.05) is 27.7 Å². The van der Waals surface area contributed by atoms with Gasteiger partial charge in [0.1, 0.15) is 6.26 Å². The molecule has 1 heterocycles. The Morgan fingerprint density at radius 3 is 2.11 bits per heavy atom. The lowest BCUT2D eigenvalue weighted by atomic mass is 10.1. The molecule has 0 atom stereocenters. The molecule has 0 aliphatic rings. The van der Waals surface area contributed by atoms with E-state index in [-0.39, 0.29) is 0 Å². The normalized spacial score (nSPS) is 11.5. The lowest BCUT2D eigenvalue weighted by molar-refractivity contribution is 0.484. The summed E-state index contributed by atoms with van der Waals surface area (Å²) in [6, 6.07) is 0.719. The molecule has 0 unspecified atom stereocenters. The summed E-state index contributed by atoms with van der Waals surface area (Å²) in [6.07, 6.45) is 3.96. The van der Waals surface area contributed by atoms with Crippen molar-refractivity contribution in [1.29, 1.82) is 0 Å². The highest BCUT2D eigenvalue weighted by molar-refractivity contribution is 5.26. The molecule has 0 saturated heterocycles. The average Bonchev–Trinajstić information content (AvgIpc) is 2.77. The van der Waals surface area contributed by atoms with Gasteiger partial charge in [0.25, 0.3) is 6.01 Å². The Kier molecular flexibility index (Phi) is 6.19. The first-order valence-electron chi connectivity index (χ1n) is 6.92. The number of aromatic nitrogens is 1. The molecule has 104 valence electrons. The summed E-state index contributed by atoms with van der Waals surface area (Å²) in [7, 11) is 0. The fourth-order valence-electron chi connectivity index (χ4n) is 1.67.